The Balaban J connectivity index is 2.16. The Morgan fingerprint density at radius 3 is 2.56 bits per heavy atom. The molecule has 4 nitrogen and oxygen atoms in total. The maximum atomic E-state index is 12.9. The van der Waals surface area contributed by atoms with Crippen molar-refractivity contribution in [2.45, 2.75) is 18.3 Å². The fourth-order valence-electron chi connectivity index (χ4n) is 1.80. The molecule has 6 heteroatoms. The van der Waals surface area contributed by atoms with E-state index in [-0.39, 0.29) is 17.5 Å². The molecule has 96 valence electrons. The highest BCUT2D eigenvalue weighted by atomic mass is 35.5. The van der Waals surface area contributed by atoms with Crippen LogP contribution in [0.1, 0.15) is 18.4 Å². The number of carbonyl (C=O) groups is 1. The van der Waals surface area contributed by atoms with Gasteiger partial charge in [0.05, 0.1) is 5.41 Å². The van der Waals surface area contributed by atoms with E-state index in [0.717, 1.165) is 18.4 Å². The fraction of sp³-hybridized carbons (Fsp3) is 0.333. The van der Waals surface area contributed by atoms with Crippen molar-refractivity contribution < 1.29 is 14.0 Å². The molecule has 1 saturated carbocycles. The third kappa shape index (κ3) is 2.46. The largest absolute Gasteiger partial charge is 0.384 e. The van der Waals surface area contributed by atoms with Crippen LogP contribution in [-0.2, 0) is 15.0 Å². The third-order valence-corrected chi connectivity index (χ3v) is 3.21. The minimum absolute atomic E-state index is 0.215. The summed E-state index contributed by atoms with van der Waals surface area (Å²) < 4.78 is 12.9. The molecule has 0 spiro atoms. The number of benzene rings is 1. The van der Waals surface area contributed by atoms with Crippen LogP contribution in [0.15, 0.2) is 29.4 Å². The minimum Gasteiger partial charge on any atom is -0.384 e. The molecule has 0 heterocycles. The highest BCUT2D eigenvalue weighted by Gasteiger charge is 2.48. The molecule has 0 bridgehead atoms. The zero-order valence-electron chi connectivity index (χ0n) is 9.53. The maximum Gasteiger partial charge on any atom is 0.349 e. The maximum absolute atomic E-state index is 12.9. The van der Waals surface area contributed by atoms with E-state index in [1.807, 2.05) is 0 Å². The summed E-state index contributed by atoms with van der Waals surface area (Å²) in [5, 5.41) is 3.59. The van der Waals surface area contributed by atoms with Gasteiger partial charge in [0.15, 0.2) is 5.84 Å². The molecule has 1 aliphatic carbocycles. The van der Waals surface area contributed by atoms with Crippen molar-refractivity contribution in [3.05, 3.63) is 35.6 Å². The molecule has 2 N–H and O–H groups in total. The monoisotopic (exact) mass is 270 g/mol. The second-order valence-corrected chi connectivity index (χ2v) is 4.43. The van der Waals surface area contributed by atoms with E-state index >= 15 is 0 Å². The molecule has 0 saturated heterocycles. The predicted octanol–water partition coefficient (Wildman–Crippen LogP) is 1.91. The molecular formula is C12H12ClFN2O2. The molecule has 1 aromatic carbocycles. The first-order valence-corrected chi connectivity index (χ1v) is 5.98. The predicted molar refractivity (Wildman–Crippen MR) is 65.7 cm³/mol. The van der Waals surface area contributed by atoms with Crippen molar-refractivity contribution in [1.29, 1.82) is 0 Å². The van der Waals surface area contributed by atoms with Gasteiger partial charge in [0.1, 0.15) is 11.7 Å². The van der Waals surface area contributed by atoms with Gasteiger partial charge in [-0.3, -0.25) is 0 Å². The van der Waals surface area contributed by atoms with Crippen LogP contribution in [0.4, 0.5) is 4.39 Å². The molecule has 2 rings (SSSR count). The zero-order chi connectivity index (χ0) is 13.2. The number of hydrogen-bond acceptors (Lipinski definition) is 3. The molecular weight excluding hydrogens is 259 g/mol. The average molecular weight is 271 g/mol. The van der Waals surface area contributed by atoms with Crippen molar-refractivity contribution in [2.75, 3.05) is 5.88 Å². The molecule has 1 aromatic rings. The highest BCUT2D eigenvalue weighted by molar-refractivity contribution is 6.26. The van der Waals surface area contributed by atoms with Crippen LogP contribution in [0.3, 0.4) is 0 Å². The summed E-state index contributed by atoms with van der Waals surface area (Å²) in [4.78, 5) is 15.4. The Hall–Kier alpha value is -1.62. The Morgan fingerprint density at radius 2 is 2.06 bits per heavy atom. The van der Waals surface area contributed by atoms with Crippen LogP contribution in [0.5, 0.6) is 0 Å². The SMILES string of the molecule is N/C(=N\OC(=O)CCl)C1(c2ccc(F)cc2)CC1. The summed E-state index contributed by atoms with van der Waals surface area (Å²) in [6, 6.07) is 6.06. The first-order chi connectivity index (χ1) is 8.58. The summed E-state index contributed by atoms with van der Waals surface area (Å²) >= 11 is 5.27. The van der Waals surface area contributed by atoms with Crippen LogP contribution in [0, 0.1) is 5.82 Å². The smallest absolute Gasteiger partial charge is 0.349 e. The topological polar surface area (TPSA) is 64.7 Å². The number of hydrogen-bond donors (Lipinski definition) is 1. The molecule has 0 atom stereocenters. The summed E-state index contributed by atoms with van der Waals surface area (Å²) in [6.45, 7) is 0. The van der Waals surface area contributed by atoms with Gasteiger partial charge in [-0.1, -0.05) is 17.3 Å². The van der Waals surface area contributed by atoms with E-state index in [9.17, 15) is 9.18 Å². The average Bonchev–Trinajstić information content (AvgIpc) is 3.17. The lowest BCUT2D eigenvalue weighted by Crippen LogP contribution is -2.29. The van der Waals surface area contributed by atoms with Gasteiger partial charge in [-0.2, -0.15) is 0 Å². The lowest BCUT2D eigenvalue weighted by atomic mass is 9.95. The number of rotatable bonds is 4. The van der Waals surface area contributed by atoms with E-state index in [4.69, 9.17) is 17.3 Å². The standard InChI is InChI=1S/C12H12ClFN2O2/c13-7-10(17)18-16-11(15)12(5-6-12)8-1-3-9(14)4-2-8/h1-4H,5-7H2,(H2,15,16). The van der Waals surface area contributed by atoms with Crippen molar-refractivity contribution >= 4 is 23.4 Å². The van der Waals surface area contributed by atoms with Gasteiger partial charge in [-0.15, -0.1) is 11.6 Å². The number of oxime groups is 1. The molecule has 1 aliphatic rings. The fourth-order valence-corrected chi connectivity index (χ4v) is 1.85. The van der Waals surface area contributed by atoms with E-state index < -0.39 is 11.4 Å². The van der Waals surface area contributed by atoms with Crippen molar-refractivity contribution in [3.8, 4) is 0 Å². The van der Waals surface area contributed by atoms with E-state index in [2.05, 4.69) is 9.99 Å². The molecule has 0 radical (unpaired) electrons. The Morgan fingerprint density at radius 1 is 1.44 bits per heavy atom. The van der Waals surface area contributed by atoms with Crippen LogP contribution < -0.4 is 5.73 Å². The summed E-state index contributed by atoms with van der Waals surface area (Å²) in [5.74, 6) is -1.03. The third-order valence-electron chi connectivity index (χ3n) is 2.99. The lowest BCUT2D eigenvalue weighted by molar-refractivity contribution is -0.140. The number of nitrogens with zero attached hydrogens (tertiary/aromatic N) is 1. The van der Waals surface area contributed by atoms with Crippen molar-refractivity contribution in [1.82, 2.24) is 0 Å². The first-order valence-electron chi connectivity index (χ1n) is 5.44. The van der Waals surface area contributed by atoms with Gasteiger partial charge < -0.3 is 10.6 Å². The van der Waals surface area contributed by atoms with Gasteiger partial charge in [-0.05, 0) is 30.5 Å². The Labute approximate surface area is 109 Å². The van der Waals surface area contributed by atoms with Crippen LogP contribution in [0.25, 0.3) is 0 Å². The molecule has 0 amide bonds. The zero-order valence-corrected chi connectivity index (χ0v) is 10.3. The second-order valence-electron chi connectivity index (χ2n) is 4.16. The quantitative estimate of drug-likeness (QED) is 0.299. The lowest BCUT2D eigenvalue weighted by Gasteiger charge is -2.14. The molecule has 18 heavy (non-hydrogen) atoms. The number of halogens is 2. The number of alkyl halides is 1. The number of amidine groups is 1. The van der Waals surface area contributed by atoms with Crippen LogP contribution in [0.2, 0.25) is 0 Å². The molecule has 0 aromatic heterocycles. The van der Waals surface area contributed by atoms with Crippen LogP contribution >= 0.6 is 11.6 Å². The summed E-state index contributed by atoms with van der Waals surface area (Å²) in [6.07, 6.45) is 1.60. The summed E-state index contributed by atoms with van der Waals surface area (Å²) in [7, 11) is 0. The molecule has 1 fully saturated rings. The Kier molecular flexibility index (Phi) is 3.52. The van der Waals surface area contributed by atoms with Gasteiger partial charge in [0.2, 0.25) is 0 Å². The molecule has 0 aliphatic heterocycles. The van der Waals surface area contributed by atoms with Gasteiger partial charge in [-0.25, -0.2) is 9.18 Å². The Bertz CT molecular complexity index is 483. The van der Waals surface area contributed by atoms with Crippen molar-refractivity contribution in [2.24, 2.45) is 10.9 Å². The van der Waals surface area contributed by atoms with E-state index in [0.29, 0.717) is 0 Å². The molecule has 0 unspecified atom stereocenters. The number of nitrogens with two attached hydrogens (primary N) is 1. The highest BCUT2D eigenvalue weighted by Crippen LogP contribution is 2.48. The van der Waals surface area contributed by atoms with Crippen molar-refractivity contribution in [3.63, 3.8) is 0 Å². The second kappa shape index (κ2) is 4.94. The minimum atomic E-state index is -0.658. The summed E-state index contributed by atoms with van der Waals surface area (Å²) in [5.41, 5.74) is 6.26. The van der Waals surface area contributed by atoms with E-state index in [1.165, 1.54) is 12.1 Å². The van der Waals surface area contributed by atoms with Gasteiger partial charge >= 0.3 is 5.97 Å². The van der Waals surface area contributed by atoms with Crippen LogP contribution in [-0.4, -0.2) is 17.7 Å². The first kappa shape index (κ1) is 12.8. The van der Waals surface area contributed by atoms with Gasteiger partial charge in [0.25, 0.3) is 0 Å². The number of carbonyl (C=O) groups excluding carboxylic acids is 1. The van der Waals surface area contributed by atoms with E-state index in [1.54, 1.807) is 12.1 Å². The van der Waals surface area contributed by atoms with Gasteiger partial charge in [0, 0.05) is 0 Å². The normalized spacial score (nSPS) is 17.3.